The minimum absolute atomic E-state index is 0.216. The Hall–Kier alpha value is -2.15. The lowest BCUT2D eigenvalue weighted by Crippen LogP contribution is -2.29. The Labute approximate surface area is 141 Å². The number of benzene rings is 1. The average molecular weight is 348 g/mol. The molecule has 6 nitrogen and oxygen atoms in total. The minimum Gasteiger partial charge on any atom is -0.360 e. The van der Waals surface area contributed by atoms with Crippen molar-refractivity contribution in [2.45, 2.75) is 36.6 Å². The predicted molar refractivity (Wildman–Crippen MR) is 88.5 cm³/mol. The molecule has 1 aliphatic rings. The lowest BCUT2D eigenvalue weighted by molar-refractivity contribution is 0.0732. The van der Waals surface area contributed by atoms with Gasteiger partial charge < -0.3 is 9.42 Å². The highest BCUT2D eigenvalue weighted by Gasteiger charge is 2.30. The summed E-state index contributed by atoms with van der Waals surface area (Å²) in [7, 11) is -1.53. The smallest absolute Gasteiger partial charge is 0.276 e. The molecule has 0 unspecified atom stereocenters. The Morgan fingerprint density at radius 2 is 1.92 bits per heavy atom. The maximum absolute atomic E-state index is 12.5. The normalized spacial score (nSPS) is 16.0. The van der Waals surface area contributed by atoms with Crippen molar-refractivity contribution in [1.29, 1.82) is 0 Å². The van der Waals surface area contributed by atoms with Crippen LogP contribution >= 0.6 is 0 Å². The van der Waals surface area contributed by atoms with E-state index in [1.165, 1.54) is 6.26 Å². The molecule has 24 heavy (non-hydrogen) atoms. The zero-order valence-electron chi connectivity index (χ0n) is 13.9. The highest BCUT2D eigenvalue weighted by molar-refractivity contribution is 7.90. The minimum atomic E-state index is -3.23. The first kappa shape index (κ1) is 16.7. The van der Waals surface area contributed by atoms with Crippen molar-refractivity contribution in [2.24, 2.45) is 0 Å². The van der Waals surface area contributed by atoms with Crippen LogP contribution in [0, 0.1) is 0 Å². The first-order valence-corrected chi connectivity index (χ1v) is 9.70. The number of carbonyl (C=O) groups excluding carboxylic acids is 1. The zero-order chi connectivity index (χ0) is 17.5. The Kier molecular flexibility index (Phi) is 4.21. The fourth-order valence-electron chi connectivity index (χ4n) is 2.52. The van der Waals surface area contributed by atoms with Crippen molar-refractivity contribution in [3.05, 3.63) is 47.3 Å². The van der Waals surface area contributed by atoms with E-state index < -0.39 is 9.84 Å². The van der Waals surface area contributed by atoms with Gasteiger partial charge in [-0.3, -0.25) is 4.79 Å². The van der Waals surface area contributed by atoms with Gasteiger partial charge in [-0.15, -0.1) is 0 Å². The summed E-state index contributed by atoms with van der Waals surface area (Å²) >= 11 is 0. The number of amides is 1. The van der Waals surface area contributed by atoms with E-state index in [4.69, 9.17) is 4.52 Å². The van der Waals surface area contributed by atoms with Gasteiger partial charge in [0.1, 0.15) is 5.76 Å². The first-order valence-electron chi connectivity index (χ1n) is 7.81. The molecule has 1 heterocycles. The second-order valence-corrected chi connectivity index (χ2v) is 8.34. The second kappa shape index (κ2) is 6.05. The van der Waals surface area contributed by atoms with E-state index in [0.29, 0.717) is 11.6 Å². The highest BCUT2D eigenvalue weighted by atomic mass is 32.2. The SMILES string of the molecule is C[C@@H](c1ccc(S(C)(=O)=O)cc1)N(C)C(=O)c1cc(C2CC2)on1. The lowest BCUT2D eigenvalue weighted by Gasteiger charge is -2.24. The molecule has 1 aromatic heterocycles. The summed E-state index contributed by atoms with van der Waals surface area (Å²) in [5.41, 5.74) is 1.16. The fourth-order valence-corrected chi connectivity index (χ4v) is 3.15. The van der Waals surface area contributed by atoms with E-state index in [1.807, 2.05) is 6.92 Å². The first-order chi connectivity index (χ1) is 11.3. The van der Waals surface area contributed by atoms with Crippen molar-refractivity contribution in [2.75, 3.05) is 13.3 Å². The van der Waals surface area contributed by atoms with Gasteiger partial charge in [0.05, 0.1) is 10.9 Å². The molecule has 1 saturated carbocycles. The predicted octanol–water partition coefficient (Wildman–Crippen LogP) is 2.79. The number of carbonyl (C=O) groups is 1. The molecule has 1 aliphatic carbocycles. The highest BCUT2D eigenvalue weighted by Crippen LogP contribution is 2.40. The van der Waals surface area contributed by atoms with Crippen LogP contribution < -0.4 is 0 Å². The van der Waals surface area contributed by atoms with Crippen LogP contribution in [0.5, 0.6) is 0 Å². The van der Waals surface area contributed by atoms with Gasteiger partial charge in [0, 0.05) is 25.3 Å². The van der Waals surface area contributed by atoms with Crippen LogP contribution in [0.3, 0.4) is 0 Å². The summed E-state index contributed by atoms with van der Waals surface area (Å²) in [6.45, 7) is 1.88. The summed E-state index contributed by atoms with van der Waals surface area (Å²) < 4.78 is 28.3. The molecule has 0 spiro atoms. The molecule has 1 aromatic carbocycles. The molecule has 0 N–H and O–H groups in total. The summed E-state index contributed by atoms with van der Waals surface area (Å²) in [5, 5.41) is 3.88. The maximum atomic E-state index is 12.5. The Bertz CT molecular complexity index is 851. The van der Waals surface area contributed by atoms with Gasteiger partial charge in [-0.05, 0) is 37.5 Å². The van der Waals surface area contributed by atoms with Crippen LogP contribution in [0.1, 0.15) is 53.5 Å². The summed E-state index contributed by atoms with van der Waals surface area (Å²) in [4.78, 5) is 14.4. The van der Waals surface area contributed by atoms with E-state index in [9.17, 15) is 13.2 Å². The molecule has 0 aliphatic heterocycles. The topological polar surface area (TPSA) is 80.5 Å². The van der Waals surface area contributed by atoms with Gasteiger partial charge in [0.25, 0.3) is 5.91 Å². The third kappa shape index (κ3) is 3.36. The maximum Gasteiger partial charge on any atom is 0.276 e. The number of aromatic nitrogens is 1. The summed E-state index contributed by atoms with van der Waals surface area (Å²) in [5.74, 6) is 0.965. The van der Waals surface area contributed by atoms with E-state index in [1.54, 1.807) is 42.3 Å². The summed E-state index contributed by atoms with van der Waals surface area (Å²) in [6.07, 6.45) is 3.34. The van der Waals surface area contributed by atoms with E-state index in [-0.39, 0.29) is 16.8 Å². The van der Waals surface area contributed by atoms with Crippen molar-refractivity contribution >= 4 is 15.7 Å². The molecular formula is C17H20N2O4S. The molecule has 7 heteroatoms. The van der Waals surface area contributed by atoms with Crippen LogP contribution in [-0.4, -0.2) is 37.7 Å². The van der Waals surface area contributed by atoms with Gasteiger partial charge >= 0.3 is 0 Å². The van der Waals surface area contributed by atoms with Gasteiger partial charge in [-0.2, -0.15) is 0 Å². The number of hydrogen-bond donors (Lipinski definition) is 0. The van der Waals surface area contributed by atoms with Gasteiger partial charge in [-0.25, -0.2) is 8.42 Å². The largest absolute Gasteiger partial charge is 0.360 e. The standard InChI is InChI=1S/C17H20N2O4S/c1-11(12-6-8-14(9-7-12)24(3,21)22)19(2)17(20)15-10-16(23-18-15)13-4-5-13/h6-11,13H,4-5H2,1-3H3/t11-/m0/s1. The molecule has 0 bridgehead atoms. The number of sulfone groups is 1. The Morgan fingerprint density at radius 1 is 1.29 bits per heavy atom. The quantitative estimate of drug-likeness (QED) is 0.830. The lowest BCUT2D eigenvalue weighted by atomic mass is 10.1. The van der Waals surface area contributed by atoms with Crippen LogP contribution in [0.25, 0.3) is 0 Å². The van der Waals surface area contributed by atoms with Gasteiger partial charge in [0.15, 0.2) is 15.5 Å². The van der Waals surface area contributed by atoms with Gasteiger partial charge in [0.2, 0.25) is 0 Å². The van der Waals surface area contributed by atoms with Crippen molar-refractivity contribution in [1.82, 2.24) is 10.1 Å². The Morgan fingerprint density at radius 3 is 2.46 bits per heavy atom. The number of hydrogen-bond acceptors (Lipinski definition) is 5. The molecule has 3 rings (SSSR count). The van der Waals surface area contributed by atoms with E-state index in [0.717, 1.165) is 24.2 Å². The van der Waals surface area contributed by atoms with Crippen molar-refractivity contribution in [3.8, 4) is 0 Å². The number of nitrogens with zero attached hydrogens (tertiary/aromatic N) is 2. The third-order valence-corrected chi connectivity index (χ3v) is 5.55. The Balaban J connectivity index is 1.75. The average Bonchev–Trinajstić information content (AvgIpc) is 3.29. The molecule has 0 radical (unpaired) electrons. The monoisotopic (exact) mass is 348 g/mol. The molecule has 2 aromatic rings. The molecule has 128 valence electrons. The van der Waals surface area contributed by atoms with Crippen molar-refractivity contribution in [3.63, 3.8) is 0 Å². The second-order valence-electron chi connectivity index (χ2n) is 6.32. The van der Waals surface area contributed by atoms with Gasteiger partial charge in [-0.1, -0.05) is 17.3 Å². The van der Waals surface area contributed by atoms with E-state index in [2.05, 4.69) is 5.16 Å². The van der Waals surface area contributed by atoms with E-state index >= 15 is 0 Å². The molecule has 0 saturated heterocycles. The van der Waals surface area contributed by atoms with Crippen molar-refractivity contribution < 1.29 is 17.7 Å². The van der Waals surface area contributed by atoms with Crippen LogP contribution in [0.4, 0.5) is 0 Å². The molecule has 1 atom stereocenters. The van der Waals surface area contributed by atoms with Crippen LogP contribution in [0.15, 0.2) is 39.8 Å². The fraction of sp³-hybridized carbons (Fsp3) is 0.412. The molecular weight excluding hydrogens is 328 g/mol. The third-order valence-electron chi connectivity index (χ3n) is 4.42. The molecule has 1 fully saturated rings. The zero-order valence-corrected chi connectivity index (χ0v) is 14.7. The summed E-state index contributed by atoms with van der Waals surface area (Å²) in [6, 6.07) is 8.07. The van der Waals surface area contributed by atoms with Crippen LogP contribution in [0.2, 0.25) is 0 Å². The molecule has 1 amide bonds. The van der Waals surface area contributed by atoms with Crippen LogP contribution in [-0.2, 0) is 9.84 Å². The number of rotatable bonds is 5.